The SMILES string of the molecule is C#CC(C)CC(C)(N)C(N)=O. The Morgan fingerprint density at radius 2 is 2.27 bits per heavy atom. The van der Waals surface area contributed by atoms with Crippen molar-refractivity contribution in [3.05, 3.63) is 0 Å². The van der Waals surface area contributed by atoms with Crippen LogP contribution >= 0.6 is 0 Å². The molecular weight excluding hydrogens is 140 g/mol. The van der Waals surface area contributed by atoms with Gasteiger partial charge in [-0.2, -0.15) is 0 Å². The number of hydrogen-bond donors (Lipinski definition) is 2. The number of terminal acetylenes is 1. The third-order valence-electron chi connectivity index (χ3n) is 1.58. The topological polar surface area (TPSA) is 69.1 Å². The van der Waals surface area contributed by atoms with Gasteiger partial charge in [-0.05, 0) is 13.3 Å². The standard InChI is InChI=1S/C8H14N2O/c1-4-6(2)5-8(3,10)7(9)11/h1,6H,5,10H2,2-3H3,(H2,9,11). The van der Waals surface area contributed by atoms with E-state index in [-0.39, 0.29) is 5.92 Å². The molecule has 0 aromatic rings. The van der Waals surface area contributed by atoms with E-state index in [9.17, 15) is 4.79 Å². The average molecular weight is 154 g/mol. The molecule has 0 fully saturated rings. The summed E-state index contributed by atoms with van der Waals surface area (Å²) in [6, 6.07) is 0. The Balaban J connectivity index is 4.15. The van der Waals surface area contributed by atoms with Crippen molar-refractivity contribution in [3.63, 3.8) is 0 Å². The Kier molecular flexibility index (Phi) is 3.09. The van der Waals surface area contributed by atoms with E-state index in [0.717, 1.165) is 0 Å². The van der Waals surface area contributed by atoms with Crippen molar-refractivity contribution in [2.45, 2.75) is 25.8 Å². The summed E-state index contributed by atoms with van der Waals surface area (Å²) in [5.41, 5.74) is 9.63. The molecule has 2 unspecified atom stereocenters. The highest BCUT2D eigenvalue weighted by atomic mass is 16.1. The smallest absolute Gasteiger partial charge is 0.237 e. The minimum absolute atomic E-state index is 0.0162. The summed E-state index contributed by atoms with van der Waals surface area (Å²) in [7, 11) is 0. The minimum atomic E-state index is -0.980. The molecule has 4 N–H and O–H groups in total. The van der Waals surface area contributed by atoms with E-state index in [0.29, 0.717) is 6.42 Å². The maximum Gasteiger partial charge on any atom is 0.237 e. The van der Waals surface area contributed by atoms with E-state index >= 15 is 0 Å². The Morgan fingerprint density at radius 1 is 1.82 bits per heavy atom. The summed E-state index contributed by atoms with van der Waals surface area (Å²) in [5.74, 6) is 1.96. The van der Waals surface area contributed by atoms with Crippen LogP contribution in [-0.2, 0) is 4.79 Å². The first kappa shape index (κ1) is 9.99. The molecule has 0 heterocycles. The van der Waals surface area contributed by atoms with Gasteiger partial charge in [0.2, 0.25) is 5.91 Å². The van der Waals surface area contributed by atoms with Gasteiger partial charge in [-0.3, -0.25) is 4.79 Å². The van der Waals surface area contributed by atoms with Gasteiger partial charge in [-0.15, -0.1) is 12.3 Å². The highest BCUT2D eigenvalue weighted by molar-refractivity contribution is 5.83. The molecule has 0 aliphatic carbocycles. The minimum Gasteiger partial charge on any atom is -0.368 e. The van der Waals surface area contributed by atoms with Gasteiger partial charge >= 0.3 is 0 Å². The molecule has 0 aromatic heterocycles. The fourth-order valence-corrected chi connectivity index (χ4v) is 0.796. The lowest BCUT2D eigenvalue weighted by molar-refractivity contribution is -0.122. The lowest BCUT2D eigenvalue weighted by Crippen LogP contribution is -2.50. The lowest BCUT2D eigenvalue weighted by Gasteiger charge is -2.21. The van der Waals surface area contributed by atoms with E-state index in [1.54, 1.807) is 6.92 Å². The van der Waals surface area contributed by atoms with Gasteiger partial charge in [-0.1, -0.05) is 6.92 Å². The van der Waals surface area contributed by atoms with E-state index < -0.39 is 11.4 Å². The fraction of sp³-hybridized carbons (Fsp3) is 0.625. The second-order valence-electron chi connectivity index (χ2n) is 3.05. The summed E-state index contributed by atoms with van der Waals surface area (Å²) < 4.78 is 0. The van der Waals surface area contributed by atoms with Crippen LogP contribution in [0.3, 0.4) is 0 Å². The monoisotopic (exact) mass is 154 g/mol. The Morgan fingerprint density at radius 3 is 2.55 bits per heavy atom. The van der Waals surface area contributed by atoms with E-state index in [2.05, 4.69) is 5.92 Å². The molecule has 0 aliphatic heterocycles. The van der Waals surface area contributed by atoms with Gasteiger partial charge < -0.3 is 11.5 Å². The molecular formula is C8H14N2O. The third kappa shape index (κ3) is 3.06. The highest BCUT2D eigenvalue weighted by Crippen LogP contribution is 2.12. The molecule has 0 aromatic carbocycles. The van der Waals surface area contributed by atoms with E-state index in [1.165, 1.54) is 0 Å². The van der Waals surface area contributed by atoms with Crippen LogP contribution in [0.4, 0.5) is 0 Å². The first-order valence-electron chi connectivity index (χ1n) is 3.45. The quantitative estimate of drug-likeness (QED) is 0.555. The molecule has 3 nitrogen and oxygen atoms in total. The number of primary amides is 1. The first-order chi connectivity index (χ1) is 4.90. The molecule has 2 atom stereocenters. The molecule has 11 heavy (non-hydrogen) atoms. The number of nitrogens with two attached hydrogens (primary N) is 2. The maximum atomic E-state index is 10.7. The van der Waals surface area contributed by atoms with Gasteiger partial charge in [0.05, 0.1) is 5.54 Å². The number of carbonyl (C=O) groups excluding carboxylic acids is 1. The highest BCUT2D eigenvalue weighted by Gasteiger charge is 2.26. The summed E-state index contributed by atoms with van der Waals surface area (Å²) >= 11 is 0. The molecule has 0 rings (SSSR count). The fourth-order valence-electron chi connectivity index (χ4n) is 0.796. The number of carbonyl (C=O) groups is 1. The van der Waals surface area contributed by atoms with Crippen LogP contribution in [-0.4, -0.2) is 11.4 Å². The number of hydrogen-bond acceptors (Lipinski definition) is 2. The maximum absolute atomic E-state index is 10.7. The average Bonchev–Trinajstić information content (AvgIpc) is 1.86. The molecule has 0 spiro atoms. The Bertz CT molecular complexity index is 191. The van der Waals surface area contributed by atoms with Crippen LogP contribution in [0.2, 0.25) is 0 Å². The van der Waals surface area contributed by atoms with Crippen LogP contribution in [0, 0.1) is 18.3 Å². The van der Waals surface area contributed by atoms with Gasteiger partial charge in [0.1, 0.15) is 0 Å². The van der Waals surface area contributed by atoms with Crippen molar-refractivity contribution in [2.75, 3.05) is 0 Å². The molecule has 0 radical (unpaired) electrons. The summed E-state index contributed by atoms with van der Waals surface area (Å²) in [4.78, 5) is 10.7. The van der Waals surface area contributed by atoms with Crippen LogP contribution in [0.15, 0.2) is 0 Å². The van der Waals surface area contributed by atoms with Crippen LogP contribution in [0.25, 0.3) is 0 Å². The number of amides is 1. The van der Waals surface area contributed by atoms with Crippen molar-refractivity contribution >= 4 is 5.91 Å². The summed E-state index contributed by atoms with van der Waals surface area (Å²) in [6.45, 7) is 3.41. The van der Waals surface area contributed by atoms with Gasteiger partial charge in [0, 0.05) is 5.92 Å². The first-order valence-corrected chi connectivity index (χ1v) is 3.45. The molecule has 1 amide bonds. The predicted octanol–water partition coefficient (Wildman–Crippen LogP) is -0.152. The normalized spacial score (nSPS) is 18.0. The lowest BCUT2D eigenvalue weighted by atomic mass is 9.91. The van der Waals surface area contributed by atoms with Gasteiger partial charge in [0.15, 0.2) is 0 Å². The van der Waals surface area contributed by atoms with Crippen molar-refractivity contribution < 1.29 is 4.79 Å². The van der Waals surface area contributed by atoms with Crippen molar-refractivity contribution in [2.24, 2.45) is 17.4 Å². The summed E-state index contributed by atoms with van der Waals surface area (Å²) in [5, 5.41) is 0. The van der Waals surface area contributed by atoms with E-state index in [4.69, 9.17) is 17.9 Å². The second-order valence-corrected chi connectivity index (χ2v) is 3.05. The molecule has 0 aliphatic rings. The van der Waals surface area contributed by atoms with Crippen molar-refractivity contribution in [1.82, 2.24) is 0 Å². The molecule has 3 heteroatoms. The Labute approximate surface area is 67.1 Å². The second kappa shape index (κ2) is 3.40. The predicted molar refractivity (Wildman–Crippen MR) is 44.4 cm³/mol. The van der Waals surface area contributed by atoms with Crippen LogP contribution < -0.4 is 11.5 Å². The molecule has 0 saturated carbocycles. The Hall–Kier alpha value is -1.01. The molecule has 0 saturated heterocycles. The van der Waals surface area contributed by atoms with Crippen molar-refractivity contribution in [1.29, 1.82) is 0 Å². The number of rotatable bonds is 3. The zero-order valence-corrected chi connectivity index (χ0v) is 6.92. The zero-order chi connectivity index (χ0) is 9.07. The van der Waals surface area contributed by atoms with Gasteiger partial charge in [-0.25, -0.2) is 0 Å². The summed E-state index contributed by atoms with van der Waals surface area (Å²) in [6.07, 6.45) is 5.55. The van der Waals surface area contributed by atoms with Crippen LogP contribution in [0.5, 0.6) is 0 Å². The molecule has 0 bridgehead atoms. The largest absolute Gasteiger partial charge is 0.368 e. The van der Waals surface area contributed by atoms with Gasteiger partial charge in [0.25, 0.3) is 0 Å². The zero-order valence-electron chi connectivity index (χ0n) is 6.92. The van der Waals surface area contributed by atoms with Crippen molar-refractivity contribution in [3.8, 4) is 12.3 Å². The third-order valence-corrected chi connectivity index (χ3v) is 1.58. The molecule has 62 valence electrons. The van der Waals surface area contributed by atoms with E-state index in [1.807, 2.05) is 6.92 Å². The van der Waals surface area contributed by atoms with Crippen LogP contribution in [0.1, 0.15) is 20.3 Å².